The van der Waals surface area contributed by atoms with E-state index in [1.807, 2.05) is 13.0 Å². The summed E-state index contributed by atoms with van der Waals surface area (Å²) in [6.07, 6.45) is 1.12. The molecule has 0 atom stereocenters. The molecule has 1 N–H and O–H groups in total. The lowest BCUT2D eigenvalue weighted by atomic mass is 10.0. The van der Waals surface area contributed by atoms with Gasteiger partial charge in [0.1, 0.15) is 0 Å². The topological polar surface area (TPSA) is 84.9 Å². The lowest BCUT2D eigenvalue weighted by Gasteiger charge is -2.32. The highest BCUT2D eigenvalue weighted by Gasteiger charge is 2.28. The van der Waals surface area contributed by atoms with E-state index in [2.05, 4.69) is 4.72 Å². The first kappa shape index (κ1) is 22.1. The fourth-order valence-electron chi connectivity index (χ4n) is 3.74. The number of nitrogens with one attached hydrogen (secondary N) is 1. The smallest absolute Gasteiger partial charge is 0.253 e. The molecule has 2 aromatic carbocycles. The zero-order chi connectivity index (χ0) is 21.9. The number of rotatable bonds is 6. The fraction of sp³-hybridized carbons (Fsp3) is 0.409. The number of benzene rings is 2. The van der Waals surface area contributed by atoms with Crippen LogP contribution >= 0.6 is 0 Å². The van der Waals surface area contributed by atoms with Gasteiger partial charge >= 0.3 is 0 Å². The summed E-state index contributed by atoms with van der Waals surface area (Å²) in [5.74, 6) is 0.958. The van der Waals surface area contributed by atoms with Crippen molar-refractivity contribution in [2.75, 3.05) is 27.3 Å². The molecule has 2 aromatic rings. The van der Waals surface area contributed by atoms with E-state index in [1.165, 1.54) is 7.11 Å². The molecule has 1 fully saturated rings. The van der Waals surface area contributed by atoms with Crippen molar-refractivity contribution in [2.24, 2.45) is 0 Å². The number of carbonyl (C=O) groups is 1. The highest BCUT2D eigenvalue weighted by atomic mass is 32.2. The second-order valence-electron chi connectivity index (χ2n) is 7.53. The molecule has 7 nitrogen and oxygen atoms in total. The standard InChI is InChI=1S/C22H28N2O5S/c1-15-5-8-21(16(2)13-15)30(26,27)23-18-9-11-24(12-10-18)22(25)17-6-7-19(28-3)20(14-17)29-4/h5-8,13-14,18,23H,9-12H2,1-4H3. The average molecular weight is 433 g/mol. The lowest BCUT2D eigenvalue weighted by molar-refractivity contribution is 0.0711. The minimum absolute atomic E-state index is 0.105. The largest absolute Gasteiger partial charge is 0.493 e. The van der Waals surface area contributed by atoms with Crippen LogP contribution in [0.4, 0.5) is 0 Å². The maximum absolute atomic E-state index is 12.8. The highest BCUT2D eigenvalue weighted by Crippen LogP contribution is 2.28. The van der Waals surface area contributed by atoms with E-state index in [1.54, 1.807) is 49.3 Å². The van der Waals surface area contributed by atoms with Crippen LogP contribution < -0.4 is 14.2 Å². The predicted molar refractivity (Wildman–Crippen MR) is 115 cm³/mol. The van der Waals surface area contributed by atoms with Gasteiger partial charge in [-0.05, 0) is 56.5 Å². The van der Waals surface area contributed by atoms with E-state index in [0.29, 0.717) is 47.9 Å². The summed E-state index contributed by atoms with van der Waals surface area (Å²) in [4.78, 5) is 14.9. The number of carbonyl (C=O) groups excluding carboxylic acids is 1. The van der Waals surface area contributed by atoms with Gasteiger partial charge in [0.05, 0.1) is 19.1 Å². The maximum Gasteiger partial charge on any atom is 0.253 e. The number of hydrogen-bond donors (Lipinski definition) is 1. The SMILES string of the molecule is COc1ccc(C(=O)N2CCC(NS(=O)(=O)c3ccc(C)cc3C)CC2)cc1OC. The molecule has 0 unspecified atom stereocenters. The van der Waals surface area contributed by atoms with Crippen molar-refractivity contribution in [3.8, 4) is 11.5 Å². The van der Waals surface area contributed by atoms with E-state index in [0.717, 1.165) is 11.1 Å². The average Bonchev–Trinajstić information content (AvgIpc) is 2.72. The zero-order valence-electron chi connectivity index (χ0n) is 17.8. The Hall–Kier alpha value is -2.58. The quantitative estimate of drug-likeness (QED) is 0.759. The van der Waals surface area contributed by atoms with Crippen LogP contribution in [0, 0.1) is 13.8 Å². The van der Waals surface area contributed by atoms with Crippen LogP contribution in [-0.4, -0.2) is 52.6 Å². The van der Waals surface area contributed by atoms with Gasteiger partial charge in [0.2, 0.25) is 10.0 Å². The molecular formula is C22H28N2O5S. The molecule has 30 heavy (non-hydrogen) atoms. The summed E-state index contributed by atoms with van der Waals surface area (Å²) in [6.45, 7) is 4.69. The number of amides is 1. The minimum Gasteiger partial charge on any atom is -0.493 e. The highest BCUT2D eigenvalue weighted by molar-refractivity contribution is 7.89. The Morgan fingerprint density at radius 2 is 1.67 bits per heavy atom. The molecular weight excluding hydrogens is 404 g/mol. The number of hydrogen-bond acceptors (Lipinski definition) is 5. The van der Waals surface area contributed by atoms with E-state index in [9.17, 15) is 13.2 Å². The van der Waals surface area contributed by atoms with Gasteiger partial charge in [0.25, 0.3) is 5.91 Å². The molecule has 162 valence electrons. The third-order valence-electron chi connectivity index (χ3n) is 5.35. The normalized spacial score (nSPS) is 15.1. The number of methoxy groups -OCH3 is 2. The molecule has 1 aliphatic heterocycles. The Morgan fingerprint density at radius 1 is 1.00 bits per heavy atom. The molecule has 0 saturated carbocycles. The molecule has 0 spiro atoms. The third kappa shape index (κ3) is 4.76. The van der Waals surface area contributed by atoms with Crippen LogP contribution in [0.2, 0.25) is 0 Å². The van der Waals surface area contributed by atoms with E-state index >= 15 is 0 Å². The van der Waals surface area contributed by atoms with Gasteiger partial charge in [-0.3, -0.25) is 4.79 Å². The van der Waals surface area contributed by atoms with Gasteiger partial charge < -0.3 is 14.4 Å². The predicted octanol–water partition coefficient (Wildman–Crippen LogP) is 2.90. The molecule has 0 aliphatic carbocycles. The number of nitrogens with zero attached hydrogens (tertiary/aromatic N) is 1. The van der Waals surface area contributed by atoms with E-state index < -0.39 is 10.0 Å². The molecule has 1 amide bonds. The monoisotopic (exact) mass is 432 g/mol. The second-order valence-corrected chi connectivity index (χ2v) is 9.21. The van der Waals surface area contributed by atoms with Gasteiger partial charge in [0.15, 0.2) is 11.5 Å². The summed E-state index contributed by atoms with van der Waals surface area (Å²) in [6, 6.07) is 10.2. The Morgan fingerprint density at radius 3 is 2.27 bits per heavy atom. The van der Waals surface area contributed by atoms with Crippen LogP contribution in [0.15, 0.2) is 41.3 Å². The number of aryl methyl sites for hydroxylation is 2. The van der Waals surface area contributed by atoms with Crippen LogP contribution in [0.3, 0.4) is 0 Å². The van der Waals surface area contributed by atoms with E-state index in [4.69, 9.17) is 9.47 Å². The molecule has 0 radical (unpaired) electrons. The minimum atomic E-state index is -3.60. The molecule has 3 rings (SSSR count). The Labute approximate surface area is 178 Å². The van der Waals surface area contributed by atoms with Crippen molar-refractivity contribution in [2.45, 2.75) is 37.6 Å². The van der Waals surface area contributed by atoms with Crippen molar-refractivity contribution >= 4 is 15.9 Å². The molecule has 0 aromatic heterocycles. The molecule has 1 aliphatic rings. The maximum atomic E-state index is 12.8. The Bertz CT molecular complexity index is 1030. The summed E-state index contributed by atoms with van der Waals surface area (Å²) < 4.78 is 38.9. The number of likely N-dealkylation sites (tertiary alicyclic amines) is 1. The summed E-state index contributed by atoms with van der Waals surface area (Å²) in [5, 5.41) is 0. The second kappa shape index (κ2) is 9.06. The molecule has 0 bridgehead atoms. The van der Waals surface area contributed by atoms with Gasteiger partial charge in [-0.25, -0.2) is 13.1 Å². The molecule has 8 heteroatoms. The van der Waals surface area contributed by atoms with Gasteiger partial charge in [-0.15, -0.1) is 0 Å². The van der Waals surface area contributed by atoms with Crippen molar-refractivity contribution in [3.63, 3.8) is 0 Å². The van der Waals surface area contributed by atoms with Gasteiger partial charge in [0, 0.05) is 24.7 Å². The summed E-state index contributed by atoms with van der Waals surface area (Å²) >= 11 is 0. The fourth-order valence-corrected chi connectivity index (χ4v) is 5.27. The molecule has 1 heterocycles. The van der Waals surface area contributed by atoms with Gasteiger partial charge in [-0.1, -0.05) is 17.7 Å². The first-order valence-electron chi connectivity index (χ1n) is 9.86. The third-order valence-corrected chi connectivity index (χ3v) is 7.04. The van der Waals surface area contributed by atoms with Crippen LogP contribution in [0.5, 0.6) is 11.5 Å². The summed E-state index contributed by atoms with van der Waals surface area (Å²) in [5.41, 5.74) is 2.26. The first-order valence-corrected chi connectivity index (χ1v) is 11.3. The van der Waals surface area contributed by atoms with Crippen LogP contribution in [-0.2, 0) is 10.0 Å². The first-order chi connectivity index (χ1) is 14.2. The number of sulfonamides is 1. The van der Waals surface area contributed by atoms with Crippen molar-refractivity contribution in [1.82, 2.24) is 9.62 Å². The number of ether oxygens (including phenoxy) is 2. The number of piperidine rings is 1. The summed E-state index contributed by atoms with van der Waals surface area (Å²) in [7, 11) is -0.526. The van der Waals surface area contributed by atoms with Crippen molar-refractivity contribution in [1.29, 1.82) is 0 Å². The van der Waals surface area contributed by atoms with Crippen LogP contribution in [0.1, 0.15) is 34.3 Å². The Kier molecular flexibility index (Phi) is 6.67. The Balaban J connectivity index is 1.64. The zero-order valence-corrected chi connectivity index (χ0v) is 18.6. The van der Waals surface area contributed by atoms with Crippen LogP contribution in [0.25, 0.3) is 0 Å². The van der Waals surface area contributed by atoms with Gasteiger partial charge in [-0.2, -0.15) is 0 Å². The lowest BCUT2D eigenvalue weighted by Crippen LogP contribution is -2.46. The van der Waals surface area contributed by atoms with Crippen molar-refractivity contribution < 1.29 is 22.7 Å². The molecule has 1 saturated heterocycles. The van der Waals surface area contributed by atoms with Crippen molar-refractivity contribution in [3.05, 3.63) is 53.1 Å². The van der Waals surface area contributed by atoms with E-state index in [-0.39, 0.29) is 11.9 Å².